The molecule has 1 heterocycles. The summed E-state index contributed by atoms with van der Waals surface area (Å²) in [6.07, 6.45) is 0.991. The molecule has 0 bridgehead atoms. The van der Waals surface area contributed by atoms with Crippen LogP contribution < -0.4 is 9.64 Å². The highest BCUT2D eigenvalue weighted by molar-refractivity contribution is 8.27. The first-order chi connectivity index (χ1) is 13.4. The summed E-state index contributed by atoms with van der Waals surface area (Å²) in [6, 6.07) is 12.7. The molecule has 2 aromatic carbocycles. The molecule has 0 aromatic heterocycles. The summed E-state index contributed by atoms with van der Waals surface area (Å²) >= 11 is 6.33. The summed E-state index contributed by atoms with van der Waals surface area (Å²) in [5.41, 5.74) is 0.754. The number of halogens is 1. The van der Waals surface area contributed by atoms with Gasteiger partial charge in [0.1, 0.15) is 11.6 Å². The van der Waals surface area contributed by atoms with Crippen molar-refractivity contribution < 1.29 is 23.8 Å². The average Bonchev–Trinajstić information content (AvgIpc) is 2.93. The van der Waals surface area contributed by atoms with E-state index >= 15 is 0 Å². The number of carbonyl (C=O) groups excluding carboxylic acids is 1. The molecule has 5 nitrogen and oxygen atoms in total. The Morgan fingerprint density at radius 1 is 1.32 bits per heavy atom. The van der Waals surface area contributed by atoms with Gasteiger partial charge in [-0.2, -0.15) is 0 Å². The van der Waals surface area contributed by atoms with Gasteiger partial charge in [0.2, 0.25) is 0 Å². The number of nitrogens with zero attached hydrogens (tertiary/aromatic N) is 1. The van der Waals surface area contributed by atoms with Gasteiger partial charge < -0.3 is 9.84 Å². The van der Waals surface area contributed by atoms with Crippen LogP contribution in [0.15, 0.2) is 53.4 Å². The molecule has 0 radical (unpaired) electrons. The fraction of sp³-hybridized carbons (Fsp3) is 0.150. The average molecular weight is 417 g/mol. The van der Waals surface area contributed by atoms with Crippen LogP contribution in [0.5, 0.6) is 5.75 Å². The number of rotatable bonds is 6. The van der Waals surface area contributed by atoms with Crippen LogP contribution in [0.3, 0.4) is 0 Å². The third kappa shape index (κ3) is 4.23. The van der Waals surface area contributed by atoms with Gasteiger partial charge in [-0.3, -0.25) is 9.69 Å². The quantitative estimate of drug-likeness (QED) is 0.552. The van der Waals surface area contributed by atoms with Crippen molar-refractivity contribution in [3.05, 3.63) is 64.8 Å². The van der Waals surface area contributed by atoms with E-state index in [1.54, 1.807) is 49.4 Å². The van der Waals surface area contributed by atoms with E-state index in [-0.39, 0.29) is 10.0 Å². The predicted octanol–water partition coefficient (Wildman–Crippen LogP) is 4.47. The molecule has 0 saturated carbocycles. The van der Waals surface area contributed by atoms with Crippen LogP contribution in [0, 0.1) is 5.82 Å². The smallest absolute Gasteiger partial charge is 0.344 e. The molecule has 1 unspecified atom stereocenters. The fourth-order valence-corrected chi connectivity index (χ4v) is 3.90. The number of carboxylic acids is 1. The molecular weight excluding hydrogens is 401 g/mol. The summed E-state index contributed by atoms with van der Waals surface area (Å²) < 4.78 is 19.8. The highest BCUT2D eigenvalue weighted by Gasteiger charge is 2.34. The van der Waals surface area contributed by atoms with Crippen LogP contribution in [0.1, 0.15) is 18.9 Å². The van der Waals surface area contributed by atoms with Crippen molar-refractivity contribution in [3.8, 4) is 5.75 Å². The Morgan fingerprint density at radius 3 is 2.75 bits per heavy atom. The van der Waals surface area contributed by atoms with E-state index in [4.69, 9.17) is 22.1 Å². The van der Waals surface area contributed by atoms with E-state index in [9.17, 15) is 14.0 Å². The number of ether oxygens (including phenoxy) is 1. The number of carboxylic acid groups (broad SMARTS) is 1. The number of aliphatic carboxylic acids is 1. The fourth-order valence-electron chi connectivity index (χ4n) is 2.61. The van der Waals surface area contributed by atoms with Gasteiger partial charge in [-0.05, 0) is 42.3 Å². The normalized spacial score (nSPS) is 16.5. The zero-order valence-electron chi connectivity index (χ0n) is 14.8. The first-order valence-electron chi connectivity index (χ1n) is 8.42. The van der Waals surface area contributed by atoms with Crippen molar-refractivity contribution in [2.75, 3.05) is 4.90 Å². The third-order valence-electron chi connectivity index (χ3n) is 3.97. The van der Waals surface area contributed by atoms with Crippen LogP contribution in [0.2, 0.25) is 0 Å². The Balaban J connectivity index is 1.85. The summed E-state index contributed by atoms with van der Waals surface area (Å²) in [4.78, 5) is 25.4. The maximum Gasteiger partial charge on any atom is 0.344 e. The summed E-state index contributed by atoms with van der Waals surface area (Å²) in [7, 11) is 0. The molecule has 144 valence electrons. The minimum Gasteiger partial charge on any atom is -0.479 e. The van der Waals surface area contributed by atoms with E-state index in [2.05, 4.69) is 0 Å². The Kier molecular flexibility index (Phi) is 6.11. The van der Waals surface area contributed by atoms with E-state index in [1.807, 2.05) is 0 Å². The lowest BCUT2D eigenvalue weighted by Gasteiger charge is -2.15. The zero-order valence-corrected chi connectivity index (χ0v) is 16.4. The molecule has 3 rings (SSSR count). The van der Waals surface area contributed by atoms with Crippen LogP contribution in [0.25, 0.3) is 6.08 Å². The number of amides is 1. The van der Waals surface area contributed by atoms with Crippen molar-refractivity contribution in [2.24, 2.45) is 0 Å². The van der Waals surface area contributed by atoms with Gasteiger partial charge in [0, 0.05) is 0 Å². The molecule has 1 amide bonds. The molecule has 1 saturated heterocycles. The maximum atomic E-state index is 14.1. The minimum atomic E-state index is -1.04. The first kappa shape index (κ1) is 20.0. The standard InChI is InChI=1S/C20H16FNO4S2/c1-2-16(19(24)25)26-13-7-5-6-12(10-13)11-17-18(23)22(20(27)28-17)15-9-4-3-8-14(15)21/h3-11,16H,2H2,1H3,(H,24,25)/b17-11+. The number of hydrogen-bond acceptors (Lipinski definition) is 5. The van der Waals surface area contributed by atoms with Crippen molar-refractivity contribution in [1.29, 1.82) is 0 Å². The predicted molar refractivity (Wildman–Crippen MR) is 111 cm³/mol. The molecule has 0 aliphatic carbocycles. The highest BCUT2D eigenvalue weighted by Crippen LogP contribution is 2.37. The van der Waals surface area contributed by atoms with E-state index in [1.165, 1.54) is 17.0 Å². The van der Waals surface area contributed by atoms with Gasteiger partial charge in [0.15, 0.2) is 10.4 Å². The van der Waals surface area contributed by atoms with Crippen LogP contribution >= 0.6 is 24.0 Å². The number of benzene rings is 2. The van der Waals surface area contributed by atoms with E-state index in [0.717, 1.165) is 11.8 Å². The third-order valence-corrected chi connectivity index (χ3v) is 5.27. The number of para-hydroxylation sites is 1. The van der Waals surface area contributed by atoms with E-state index < -0.39 is 23.8 Å². The second-order valence-corrected chi connectivity index (χ2v) is 7.57. The van der Waals surface area contributed by atoms with Crippen molar-refractivity contribution in [2.45, 2.75) is 19.4 Å². The monoisotopic (exact) mass is 417 g/mol. The molecule has 1 fully saturated rings. The second-order valence-electron chi connectivity index (χ2n) is 5.89. The van der Waals surface area contributed by atoms with Gasteiger partial charge >= 0.3 is 5.97 Å². The first-order valence-corrected chi connectivity index (χ1v) is 9.65. The Labute approximate surface area is 170 Å². The largest absolute Gasteiger partial charge is 0.479 e. The molecule has 1 N–H and O–H groups in total. The lowest BCUT2D eigenvalue weighted by molar-refractivity contribution is -0.145. The number of thioether (sulfide) groups is 1. The number of thiocarbonyl (C=S) groups is 1. The van der Waals surface area contributed by atoms with Crippen LogP contribution in [-0.4, -0.2) is 27.4 Å². The SMILES string of the molecule is CCC(Oc1cccc(/C=C2/SC(=S)N(c3ccccc3F)C2=O)c1)C(=O)O. The van der Waals surface area contributed by atoms with Gasteiger partial charge in [0.25, 0.3) is 5.91 Å². The topological polar surface area (TPSA) is 66.8 Å². The molecule has 28 heavy (non-hydrogen) atoms. The van der Waals surface area contributed by atoms with Crippen molar-refractivity contribution in [3.63, 3.8) is 0 Å². The van der Waals surface area contributed by atoms with Crippen molar-refractivity contribution >= 4 is 51.9 Å². The molecule has 1 aliphatic rings. The van der Waals surface area contributed by atoms with Gasteiger partial charge in [-0.1, -0.05) is 55.2 Å². The Bertz CT molecular complexity index is 976. The second kappa shape index (κ2) is 8.53. The zero-order chi connectivity index (χ0) is 20.3. The Morgan fingerprint density at radius 2 is 2.07 bits per heavy atom. The van der Waals surface area contributed by atoms with Gasteiger partial charge in [0.05, 0.1) is 10.6 Å². The number of carbonyl (C=O) groups is 2. The lowest BCUT2D eigenvalue weighted by Crippen LogP contribution is -2.28. The molecule has 2 aromatic rings. The lowest BCUT2D eigenvalue weighted by atomic mass is 10.2. The molecule has 1 atom stereocenters. The van der Waals surface area contributed by atoms with Gasteiger partial charge in [-0.25, -0.2) is 9.18 Å². The highest BCUT2D eigenvalue weighted by atomic mass is 32.2. The summed E-state index contributed by atoms with van der Waals surface area (Å²) in [5, 5.41) is 9.12. The van der Waals surface area contributed by atoms with Crippen LogP contribution in [0.4, 0.5) is 10.1 Å². The minimum absolute atomic E-state index is 0.109. The summed E-state index contributed by atoms with van der Waals surface area (Å²) in [6.45, 7) is 1.72. The number of anilines is 1. The number of hydrogen-bond donors (Lipinski definition) is 1. The van der Waals surface area contributed by atoms with E-state index in [0.29, 0.717) is 22.6 Å². The molecular formula is C20H16FNO4S2. The molecule has 1 aliphatic heterocycles. The van der Waals surface area contributed by atoms with Crippen molar-refractivity contribution in [1.82, 2.24) is 0 Å². The Hall–Kier alpha value is -2.71. The van der Waals surface area contributed by atoms with Gasteiger partial charge in [-0.15, -0.1) is 0 Å². The summed E-state index contributed by atoms with van der Waals surface area (Å²) in [5.74, 6) is -1.61. The maximum absolute atomic E-state index is 14.1. The van der Waals surface area contributed by atoms with Crippen LogP contribution in [-0.2, 0) is 9.59 Å². The molecule has 8 heteroatoms. The molecule has 0 spiro atoms.